The minimum absolute atomic E-state index is 0.0427. The molecule has 0 radical (unpaired) electrons. The van der Waals surface area contributed by atoms with E-state index in [4.69, 9.17) is 11.0 Å². The molecule has 7 heteroatoms. The van der Waals surface area contributed by atoms with Crippen LogP contribution >= 0.6 is 15.9 Å². The number of rotatable bonds is 3. The van der Waals surface area contributed by atoms with Gasteiger partial charge in [0.05, 0.1) is 28.0 Å². The molecule has 21 heavy (non-hydrogen) atoms. The second-order valence-electron chi connectivity index (χ2n) is 4.35. The lowest BCUT2D eigenvalue weighted by atomic mass is 10.1. The van der Waals surface area contributed by atoms with Crippen molar-refractivity contribution in [3.63, 3.8) is 0 Å². The number of benzene rings is 2. The Kier molecular flexibility index (Phi) is 4.30. The number of halogens is 2. The van der Waals surface area contributed by atoms with Crippen LogP contribution in [0.3, 0.4) is 0 Å². The number of nitriles is 1. The molecule has 0 saturated heterocycles. The molecule has 108 valence electrons. The molecule has 0 aromatic heterocycles. The summed E-state index contributed by atoms with van der Waals surface area (Å²) >= 11 is 3.19. The van der Waals surface area contributed by atoms with Gasteiger partial charge in [-0.15, -0.1) is 0 Å². The maximum Gasteiger partial charge on any atom is 0.184 e. The summed E-state index contributed by atoms with van der Waals surface area (Å²) in [5, 5.41) is 8.97. The van der Waals surface area contributed by atoms with E-state index in [9.17, 15) is 12.8 Å². The highest BCUT2D eigenvalue weighted by molar-refractivity contribution is 9.10. The van der Waals surface area contributed by atoms with Crippen LogP contribution in [0.25, 0.3) is 0 Å². The summed E-state index contributed by atoms with van der Waals surface area (Å²) in [5.74, 6) is -1.08. The van der Waals surface area contributed by atoms with Gasteiger partial charge in [-0.3, -0.25) is 0 Å². The van der Waals surface area contributed by atoms with Gasteiger partial charge in [-0.25, -0.2) is 12.8 Å². The molecule has 4 nitrogen and oxygen atoms in total. The predicted octanol–water partition coefficient (Wildman–Crippen LogP) is 3.02. The van der Waals surface area contributed by atoms with Crippen molar-refractivity contribution in [2.45, 2.75) is 10.6 Å². The second kappa shape index (κ2) is 5.84. The Balaban J connectivity index is 2.47. The van der Waals surface area contributed by atoms with Gasteiger partial charge in [0, 0.05) is 4.47 Å². The zero-order valence-corrected chi connectivity index (χ0v) is 13.1. The maximum absolute atomic E-state index is 13.3. The number of nitrogen functional groups attached to an aromatic ring is 1. The first-order valence-corrected chi connectivity index (χ1v) is 8.24. The Labute approximate surface area is 130 Å². The van der Waals surface area contributed by atoms with Crippen molar-refractivity contribution in [1.29, 1.82) is 5.26 Å². The van der Waals surface area contributed by atoms with Crippen molar-refractivity contribution < 1.29 is 12.8 Å². The lowest BCUT2D eigenvalue weighted by molar-refractivity contribution is 0.595. The highest BCUT2D eigenvalue weighted by Gasteiger charge is 2.20. The Hall–Kier alpha value is -1.91. The fraction of sp³-hybridized carbons (Fsp3) is 0.0714. The van der Waals surface area contributed by atoms with Crippen LogP contribution in [-0.2, 0) is 15.6 Å². The Morgan fingerprint density at radius 1 is 1.24 bits per heavy atom. The predicted molar refractivity (Wildman–Crippen MR) is 80.6 cm³/mol. The standard InChI is InChI=1S/C14H10BrFN2O2S/c15-11-2-4-14(13(18)6-11)21(19,20)8-10-5-12(16)3-1-9(10)7-17/h1-6H,8,18H2. The van der Waals surface area contributed by atoms with Gasteiger partial charge in [-0.2, -0.15) is 5.26 Å². The third-order valence-corrected chi connectivity index (χ3v) is 5.07. The van der Waals surface area contributed by atoms with Gasteiger partial charge in [-0.05, 0) is 42.0 Å². The first-order chi connectivity index (χ1) is 9.83. The van der Waals surface area contributed by atoms with Crippen molar-refractivity contribution in [2.24, 2.45) is 0 Å². The molecule has 0 atom stereocenters. The van der Waals surface area contributed by atoms with E-state index in [-0.39, 0.29) is 21.7 Å². The number of nitrogens with two attached hydrogens (primary N) is 1. The zero-order chi connectivity index (χ0) is 15.6. The molecule has 0 bridgehead atoms. The topological polar surface area (TPSA) is 84.0 Å². The van der Waals surface area contributed by atoms with Gasteiger partial charge in [0.15, 0.2) is 9.84 Å². The van der Waals surface area contributed by atoms with Gasteiger partial charge in [-0.1, -0.05) is 15.9 Å². The van der Waals surface area contributed by atoms with Crippen LogP contribution in [0.5, 0.6) is 0 Å². The Morgan fingerprint density at radius 3 is 2.57 bits per heavy atom. The van der Waals surface area contributed by atoms with Crippen LogP contribution in [0.4, 0.5) is 10.1 Å². The number of sulfone groups is 1. The molecule has 0 aliphatic carbocycles. The molecular weight excluding hydrogens is 359 g/mol. The van der Waals surface area contributed by atoms with E-state index in [1.165, 1.54) is 18.2 Å². The number of anilines is 1. The minimum Gasteiger partial charge on any atom is -0.398 e. The zero-order valence-electron chi connectivity index (χ0n) is 10.7. The Bertz CT molecular complexity index is 845. The van der Waals surface area contributed by atoms with Crippen molar-refractivity contribution in [3.05, 3.63) is 57.8 Å². The Morgan fingerprint density at radius 2 is 1.95 bits per heavy atom. The smallest absolute Gasteiger partial charge is 0.184 e. The molecule has 2 rings (SSSR count). The summed E-state index contributed by atoms with van der Waals surface area (Å²) < 4.78 is 38.7. The van der Waals surface area contributed by atoms with E-state index in [1.807, 2.05) is 6.07 Å². The van der Waals surface area contributed by atoms with E-state index < -0.39 is 21.4 Å². The number of hydrogen-bond acceptors (Lipinski definition) is 4. The van der Waals surface area contributed by atoms with E-state index in [0.29, 0.717) is 4.47 Å². The lowest BCUT2D eigenvalue weighted by Gasteiger charge is -2.09. The highest BCUT2D eigenvalue weighted by atomic mass is 79.9. The van der Waals surface area contributed by atoms with Crippen LogP contribution in [0, 0.1) is 17.1 Å². The van der Waals surface area contributed by atoms with Crippen molar-refractivity contribution in [1.82, 2.24) is 0 Å². The largest absolute Gasteiger partial charge is 0.398 e. The molecule has 0 amide bonds. The van der Waals surface area contributed by atoms with Crippen LogP contribution in [0.1, 0.15) is 11.1 Å². The first-order valence-electron chi connectivity index (χ1n) is 5.80. The highest BCUT2D eigenvalue weighted by Crippen LogP contribution is 2.26. The van der Waals surface area contributed by atoms with E-state index >= 15 is 0 Å². The average Bonchev–Trinajstić information content (AvgIpc) is 2.37. The molecule has 0 unspecified atom stereocenters. The summed E-state index contributed by atoms with van der Waals surface area (Å²) in [6.07, 6.45) is 0. The molecule has 2 aromatic rings. The van der Waals surface area contributed by atoms with Crippen molar-refractivity contribution in [3.8, 4) is 6.07 Å². The normalized spacial score (nSPS) is 11.1. The SMILES string of the molecule is N#Cc1ccc(F)cc1CS(=O)(=O)c1ccc(Br)cc1N. The number of nitrogens with zero attached hydrogens (tertiary/aromatic N) is 1. The maximum atomic E-state index is 13.3. The molecule has 0 fully saturated rings. The minimum atomic E-state index is -3.77. The van der Waals surface area contributed by atoms with Gasteiger partial charge in [0.2, 0.25) is 0 Å². The fourth-order valence-corrected chi connectivity index (χ4v) is 3.75. The molecular formula is C14H10BrFN2O2S. The summed E-state index contributed by atoms with van der Waals surface area (Å²) in [6, 6.07) is 9.67. The van der Waals surface area contributed by atoms with E-state index in [0.717, 1.165) is 12.1 Å². The monoisotopic (exact) mass is 368 g/mol. The summed E-state index contributed by atoms with van der Waals surface area (Å²) in [5.41, 5.74) is 6.04. The molecule has 0 aliphatic heterocycles. The third-order valence-electron chi connectivity index (χ3n) is 2.84. The third kappa shape index (κ3) is 3.40. The summed E-state index contributed by atoms with van der Waals surface area (Å²) in [6.45, 7) is 0. The van der Waals surface area contributed by atoms with Gasteiger partial charge >= 0.3 is 0 Å². The van der Waals surface area contributed by atoms with Gasteiger partial charge in [0.1, 0.15) is 5.82 Å². The van der Waals surface area contributed by atoms with Crippen molar-refractivity contribution >= 4 is 31.5 Å². The summed E-state index contributed by atoms with van der Waals surface area (Å²) in [4.78, 5) is -0.0427. The molecule has 0 aliphatic rings. The molecule has 2 aromatic carbocycles. The lowest BCUT2D eigenvalue weighted by Crippen LogP contribution is -2.09. The molecule has 2 N–H and O–H groups in total. The van der Waals surface area contributed by atoms with Crippen LogP contribution in [-0.4, -0.2) is 8.42 Å². The number of hydrogen-bond donors (Lipinski definition) is 1. The summed E-state index contributed by atoms with van der Waals surface area (Å²) in [7, 11) is -3.77. The molecule has 0 spiro atoms. The average molecular weight is 369 g/mol. The van der Waals surface area contributed by atoms with Crippen LogP contribution in [0.2, 0.25) is 0 Å². The quantitative estimate of drug-likeness (QED) is 0.843. The van der Waals surface area contributed by atoms with Crippen molar-refractivity contribution in [2.75, 3.05) is 5.73 Å². The van der Waals surface area contributed by atoms with Crippen LogP contribution in [0.15, 0.2) is 45.8 Å². The first kappa shape index (κ1) is 15.5. The van der Waals surface area contributed by atoms with Gasteiger partial charge in [0.25, 0.3) is 0 Å². The fourth-order valence-electron chi connectivity index (χ4n) is 1.88. The van der Waals surface area contributed by atoms with Gasteiger partial charge < -0.3 is 5.73 Å². The van der Waals surface area contributed by atoms with E-state index in [1.54, 1.807) is 6.07 Å². The molecule has 0 heterocycles. The van der Waals surface area contributed by atoms with E-state index in [2.05, 4.69) is 15.9 Å². The van der Waals surface area contributed by atoms with Crippen LogP contribution < -0.4 is 5.73 Å². The molecule has 0 saturated carbocycles. The second-order valence-corrected chi connectivity index (χ2v) is 7.23.